The lowest BCUT2D eigenvalue weighted by molar-refractivity contribution is -0.380. The van der Waals surface area contributed by atoms with E-state index in [4.69, 9.17) is 47.4 Å². The summed E-state index contributed by atoms with van der Waals surface area (Å²) in [5.74, 6) is -0.0172. The maximum atomic E-state index is 12.8. The summed E-state index contributed by atoms with van der Waals surface area (Å²) in [6, 6.07) is 0. The Morgan fingerprint density at radius 3 is 1.45 bits per heavy atom. The highest BCUT2D eigenvalue weighted by molar-refractivity contribution is 5.32. The van der Waals surface area contributed by atoms with E-state index >= 15 is 0 Å². The van der Waals surface area contributed by atoms with E-state index in [1.54, 1.807) is 0 Å². The van der Waals surface area contributed by atoms with E-state index < -0.39 is 227 Å². The Kier molecular flexibility index (Phi) is 22.3. The Morgan fingerprint density at radius 2 is 0.955 bits per heavy atom. The summed E-state index contributed by atoms with van der Waals surface area (Å²) >= 11 is 0. The molecule has 35 atom stereocenters. The second kappa shape index (κ2) is 27.6. The Morgan fingerprint density at radius 1 is 0.517 bits per heavy atom. The van der Waals surface area contributed by atoms with Gasteiger partial charge in [-0.05, 0) is 99.7 Å². The summed E-state index contributed by atoms with van der Waals surface area (Å²) in [7, 11) is 0. The average Bonchev–Trinajstić information content (AvgIpc) is 1.66. The second-order valence-corrected chi connectivity index (χ2v) is 28.7. The molecule has 9 rings (SSSR count). The van der Waals surface area contributed by atoms with Crippen molar-refractivity contribution in [3.63, 3.8) is 0 Å². The number of fused-ring (bicyclic) bond motifs is 5. The van der Waals surface area contributed by atoms with Crippen molar-refractivity contribution in [2.45, 2.75) is 284 Å². The van der Waals surface area contributed by atoms with Gasteiger partial charge in [0.05, 0.1) is 56.9 Å². The second-order valence-electron chi connectivity index (χ2n) is 28.7. The third-order valence-corrected chi connectivity index (χ3v) is 22.9. The first-order chi connectivity index (χ1) is 41.6. The van der Waals surface area contributed by atoms with Gasteiger partial charge in [0.1, 0.15) is 122 Å². The van der Waals surface area contributed by atoms with Gasteiger partial charge >= 0.3 is 0 Å². The number of aliphatic hydroxyl groups is 19. The van der Waals surface area contributed by atoms with Crippen molar-refractivity contribution in [2.75, 3.05) is 33.0 Å². The Hall–Kier alpha value is -1.42. The average molecular weight is 1290 g/mol. The van der Waals surface area contributed by atoms with Gasteiger partial charge < -0.3 is 144 Å². The molecule has 3 saturated carbocycles. The van der Waals surface area contributed by atoms with Gasteiger partial charge in [-0.1, -0.05) is 53.2 Å². The van der Waals surface area contributed by atoms with Crippen molar-refractivity contribution in [3.8, 4) is 0 Å². The molecule has 5 heterocycles. The first-order valence-corrected chi connectivity index (χ1v) is 31.6. The van der Waals surface area contributed by atoms with Crippen LogP contribution in [-0.2, 0) is 47.4 Å². The lowest BCUT2D eigenvalue weighted by Gasteiger charge is -2.67. The van der Waals surface area contributed by atoms with Gasteiger partial charge in [-0.2, -0.15) is 0 Å². The third-order valence-electron chi connectivity index (χ3n) is 22.9. The van der Waals surface area contributed by atoms with Crippen LogP contribution in [0.2, 0.25) is 0 Å². The van der Waals surface area contributed by atoms with Crippen LogP contribution >= 0.6 is 0 Å². The van der Waals surface area contributed by atoms with Gasteiger partial charge in [0.25, 0.3) is 0 Å². The highest BCUT2D eigenvalue weighted by Crippen LogP contribution is 2.75. The summed E-state index contributed by atoms with van der Waals surface area (Å²) in [5, 5.41) is 205. The highest BCUT2D eigenvalue weighted by Gasteiger charge is 2.70. The molecule has 19 N–H and O–H groups in total. The molecule has 89 heavy (non-hydrogen) atoms. The Balaban J connectivity index is 0.883. The van der Waals surface area contributed by atoms with E-state index in [1.807, 2.05) is 13.8 Å². The fourth-order valence-corrected chi connectivity index (χ4v) is 17.0. The van der Waals surface area contributed by atoms with Gasteiger partial charge in [-0.25, -0.2) is 0 Å². The molecule has 0 aromatic carbocycles. The fourth-order valence-electron chi connectivity index (χ4n) is 17.0. The molecule has 29 heteroatoms. The summed E-state index contributed by atoms with van der Waals surface area (Å²) in [6.07, 6.45) is -37.4. The predicted octanol–water partition coefficient (Wildman–Crippen LogP) is -5.41. The molecule has 5 aliphatic heterocycles. The fraction of sp³-hybridized carbons (Fsp3) is 0.967. The monoisotopic (exact) mass is 1290 g/mol. The van der Waals surface area contributed by atoms with Crippen LogP contribution in [-0.4, -0.2) is 308 Å². The molecule has 0 amide bonds. The maximum Gasteiger partial charge on any atom is 0.187 e. The van der Waals surface area contributed by atoms with Crippen molar-refractivity contribution in [2.24, 2.45) is 45.3 Å². The first kappa shape index (κ1) is 71.9. The molecule has 0 bridgehead atoms. The number of hydrogen-bond acceptors (Lipinski definition) is 29. The van der Waals surface area contributed by atoms with Crippen molar-refractivity contribution in [1.82, 2.24) is 0 Å². The van der Waals surface area contributed by atoms with Gasteiger partial charge in [0, 0.05) is 10.8 Å². The van der Waals surface area contributed by atoms with Crippen LogP contribution in [0.25, 0.3) is 0 Å². The molecule has 0 spiro atoms. The Labute approximate surface area is 517 Å². The van der Waals surface area contributed by atoms with E-state index in [0.29, 0.717) is 32.1 Å². The van der Waals surface area contributed by atoms with E-state index in [1.165, 1.54) is 13.8 Å². The van der Waals surface area contributed by atoms with Crippen LogP contribution in [0.15, 0.2) is 11.6 Å². The lowest BCUT2D eigenvalue weighted by Crippen LogP contribution is -2.65. The normalized spacial score (nSPS) is 51.8. The minimum absolute atomic E-state index is 0.0310. The zero-order valence-corrected chi connectivity index (χ0v) is 51.8. The van der Waals surface area contributed by atoms with E-state index in [2.05, 4.69) is 33.8 Å². The number of hydrogen-bond donors (Lipinski definition) is 19. The molecule has 0 radical (unpaired) electrons. The summed E-state index contributed by atoms with van der Waals surface area (Å²) in [5.41, 5.74) is -2.49. The molecular weight excluding hydrogens is 1180 g/mol. The molecule has 8 fully saturated rings. The predicted molar refractivity (Wildman–Crippen MR) is 300 cm³/mol. The third kappa shape index (κ3) is 13.1. The van der Waals surface area contributed by atoms with E-state index in [-0.39, 0.29) is 35.5 Å². The summed E-state index contributed by atoms with van der Waals surface area (Å²) in [4.78, 5) is 0. The van der Waals surface area contributed by atoms with E-state index in [0.717, 1.165) is 18.4 Å². The smallest absolute Gasteiger partial charge is 0.187 e. The molecule has 0 aromatic rings. The molecule has 6 unspecified atom stereocenters. The molecule has 9 aliphatic rings. The number of rotatable bonds is 20. The van der Waals surface area contributed by atoms with Crippen LogP contribution < -0.4 is 0 Å². The van der Waals surface area contributed by atoms with Crippen molar-refractivity contribution in [1.29, 1.82) is 0 Å². The minimum Gasteiger partial charge on any atom is -0.394 e. The summed E-state index contributed by atoms with van der Waals surface area (Å²) < 4.78 is 59.3. The molecule has 5 saturated heterocycles. The SMILES string of the molecule is C[C@H](CCC(O[C@@H]1O[C@H](CO[C@@H]2O[C@H](CO)[C@@H](O)[C@H](O)[C@H]2O)[C@@H](O)[C@H](O)C1O[C@@H]1O[C@H](CO)[C@@H](O)[C@H](O)[C@H]1O)C(C)(C)O)C1CC[C@@]2(C)C3CC=C4C(CC[C@H](OC5O[C@H](CO[C@@H]6O[C@H](CO)[C@@H](O)[C@H](O)[C@H]6O)[C@@H](O)[C@H](O)[C@H]5O)C4(C)C)[C@]3(C)[C@H](O)C[C@]12C. The van der Waals surface area contributed by atoms with Crippen LogP contribution in [0, 0.1) is 45.3 Å². The largest absolute Gasteiger partial charge is 0.394 e. The van der Waals surface area contributed by atoms with Crippen LogP contribution in [0.4, 0.5) is 0 Å². The van der Waals surface area contributed by atoms with Crippen LogP contribution in [0.5, 0.6) is 0 Å². The van der Waals surface area contributed by atoms with E-state index in [9.17, 15) is 97.0 Å². The molecule has 0 aromatic heterocycles. The van der Waals surface area contributed by atoms with Crippen molar-refractivity contribution < 1.29 is 144 Å². The number of ether oxygens (including phenoxy) is 10. The number of aliphatic hydroxyl groups excluding tert-OH is 18. The van der Waals surface area contributed by atoms with Crippen LogP contribution in [0.1, 0.15) is 107 Å². The first-order valence-electron chi connectivity index (χ1n) is 31.6. The van der Waals surface area contributed by atoms with Gasteiger partial charge in [0.15, 0.2) is 31.5 Å². The molecular formula is C60H102O29. The van der Waals surface area contributed by atoms with Gasteiger partial charge in [-0.3, -0.25) is 0 Å². The number of allylic oxidation sites excluding steroid dienone is 1. The molecule has 516 valence electrons. The zero-order valence-electron chi connectivity index (χ0n) is 51.8. The topological polar surface area (TPSA) is 477 Å². The molecule has 4 aliphatic carbocycles. The van der Waals surface area contributed by atoms with Crippen molar-refractivity contribution in [3.05, 3.63) is 11.6 Å². The quantitative estimate of drug-likeness (QED) is 0.0506. The minimum atomic E-state index is -1.96. The Bertz CT molecular complexity index is 2340. The maximum absolute atomic E-state index is 12.8. The van der Waals surface area contributed by atoms with Crippen molar-refractivity contribution >= 4 is 0 Å². The summed E-state index contributed by atoms with van der Waals surface area (Å²) in [6.45, 7) is 12.6. The molecule has 29 nitrogen and oxygen atoms in total. The zero-order chi connectivity index (χ0) is 65.5. The lowest BCUT2D eigenvalue weighted by atomic mass is 9.38. The standard InChI is InChI=1S/C60H102O29/c1-23(9-13-35(57(4,5)79)88-55-50(89-54-49(78)43(72)38(67)29(20-63)84-54)45(74)40(69)31(86-55)22-81-52-47(76)42(71)37(66)28(19-62)83-52)24-15-16-58(6)32-12-10-25-26(60(32,8)33(64)17-59(24,58)7)11-14-34(56(25,2)3)87-53-48(77)44(73)39(68)30(85-53)21-80-51-46(75)41(70)36(65)27(18-61)82-51/h10,23-24,26-55,61-79H,9,11-22H2,1-8H3/t23-,24?,26?,27-,28-,29-,30-,31-,32?,33-,34+,35?,36-,37-,38-,39-,40-,41+,42+,43+,44+,45+,46-,47-,48-,49-,50?,51-,52-,53?,54+,55+,58+,59-,60+/m1/s1. The van der Waals surface area contributed by atoms with Gasteiger partial charge in [0.2, 0.25) is 0 Å². The highest BCUT2D eigenvalue weighted by atomic mass is 16.8. The van der Waals surface area contributed by atoms with Gasteiger partial charge in [-0.15, -0.1) is 0 Å². The van der Waals surface area contributed by atoms with Crippen LogP contribution in [0.3, 0.4) is 0 Å².